The van der Waals surface area contributed by atoms with E-state index in [2.05, 4.69) is 19.2 Å². The van der Waals surface area contributed by atoms with E-state index in [1.807, 2.05) is 6.92 Å². The van der Waals surface area contributed by atoms with E-state index in [-0.39, 0.29) is 11.9 Å². The maximum absolute atomic E-state index is 11.0. The van der Waals surface area contributed by atoms with E-state index in [0.717, 1.165) is 5.76 Å². The summed E-state index contributed by atoms with van der Waals surface area (Å²) in [7, 11) is 0. The number of hydrogen-bond donors (Lipinski definition) is 1. The minimum atomic E-state index is -0.0443. The first-order chi connectivity index (χ1) is 5.65. The van der Waals surface area contributed by atoms with Gasteiger partial charge in [0.25, 0.3) is 0 Å². The Morgan fingerprint density at radius 1 is 1.67 bits per heavy atom. The summed E-state index contributed by atoms with van der Waals surface area (Å²) in [4.78, 5) is 11.0. The van der Waals surface area contributed by atoms with Crippen LogP contribution in [0.15, 0.2) is 11.8 Å². The number of amides is 1. The Labute approximate surface area is 72.8 Å². The number of hydrogen-bond acceptors (Lipinski definition) is 2. The van der Waals surface area contributed by atoms with Crippen LogP contribution in [0.4, 0.5) is 0 Å². The maximum atomic E-state index is 11.0. The summed E-state index contributed by atoms with van der Waals surface area (Å²) in [6.45, 7) is 6.65. The van der Waals surface area contributed by atoms with Gasteiger partial charge in [-0.2, -0.15) is 0 Å². The molecule has 0 aliphatic carbocycles. The molecule has 0 saturated heterocycles. The van der Waals surface area contributed by atoms with E-state index in [1.165, 1.54) is 6.08 Å². The van der Waals surface area contributed by atoms with Crippen LogP contribution in [0, 0.1) is 5.92 Å². The van der Waals surface area contributed by atoms with Crippen molar-refractivity contribution in [3.05, 3.63) is 11.8 Å². The molecule has 1 amide bonds. The Morgan fingerprint density at radius 2 is 2.33 bits per heavy atom. The van der Waals surface area contributed by atoms with Gasteiger partial charge in [-0.25, -0.2) is 0 Å². The van der Waals surface area contributed by atoms with Crippen LogP contribution in [0.3, 0.4) is 0 Å². The molecule has 1 rings (SSSR count). The van der Waals surface area contributed by atoms with Crippen molar-refractivity contribution in [2.24, 2.45) is 5.92 Å². The molecule has 0 spiro atoms. The first kappa shape index (κ1) is 9.10. The van der Waals surface area contributed by atoms with Gasteiger partial charge in [-0.3, -0.25) is 4.79 Å². The van der Waals surface area contributed by atoms with Crippen LogP contribution < -0.4 is 5.32 Å². The lowest BCUT2D eigenvalue weighted by molar-refractivity contribution is -0.116. The van der Waals surface area contributed by atoms with Gasteiger partial charge < -0.3 is 10.1 Å². The highest BCUT2D eigenvalue weighted by molar-refractivity contribution is 5.91. The summed E-state index contributed by atoms with van der Waals surface area (Å²) in [5.74, 6) is 1.11. The van der Waals surface area contributed by atoms with Crippen molar-refractivity contribution in [1.29, 1.82) is 0 Å². The molecular formula is C9H15NO2. The zero-order valence-corrected chi connectivity index (χ0v) is 7.76. The molecule has 0 fully saturated rings. The predicted octanol–water partition coefficient (Wildman–Crippen LogP) is 1.06. The molecule has 3 nitrogen and oxygen atoms in total. The zero-order chi connectivity index (χ0) is 9.14. The molecule has 3 heteroatoms. The van der Waals surface area contributed by atoms with E-state index in [1.54, 1.807) is 0 Å². The van der Waals surface area contributed by atoms with Crippen LogP contribution in [0.25, 0.3) is 0 Å². The van der Waals surface area contributed by atoms with Crippen LogP contribution >= 0.6 is 0 Å². The van der Waals surface area contributed by atoms with Gasteiger partial charge in [-0.05, 0) is 12.8 Å². The average molecular weight is 169 g/mol. The lowest BCUT2D eigenvalue weighted by Gasteiger charge is -2.18. The second-order valence-corrected chi connectivity index (χ2v) is 3.21. The van der Waals surface area contributed by atoms with Crippen molar-refractivity contribution in [2.45, 2.75) is 26.8 Å². The summed E-state index contributed by atoms with van der Waals surface area (Å²) in [5, 5.41) is 2.83. The normalized spacial score (nSPS) is 22.5. The third-order valence-corrected chi connectivity index (χ3v) is 1.86. The topological polar surface area (TPSA) is 38.3 Å². The molecule has 1 atom stereocenters. The van der Waals surface area contributed by atoms with E-state index >= 15 is 0 Å². The third-order valence-electron chi connectivity index (χ3n) is 1.86. The van der Waals surface area contributed by atoms with Gasteiger partial charge in [-0.1, -0.05) is 13.8 Å². The molecule has 0 bridgehead atoms. The Bertz CT molecular complexity index is 209. The monoisotopic (exact) mass is 169 g/mol. The van der Waals surface area contributed by atoms with Gasteiger partial charge in [0.15, 0.2) is 0 Å². The third kappa shape index (κ3) is 1.78. The van der Waals surface area contributed by atoms with E-state index < -0.39 is 0 Å². The maximum Gasteiger partial charge on any atom is 0.248 e. The summed E-state index contributed by atoms with van der Waals surface area (Å²) in [6.07, 6.45) is 1.54. The molecule has 0 aromatic carbocycles. The van der Waals surface area contributed by atoms with Crippen molar-refractivity contribution >= 4 is 5.91 Å². The molecule has 1 N–H and O–H groups in total. The van der Waals surface area contributed by atoms with Gasteiger partial charge >= 0.3 is 0 Å². The lowest BCUT2D eigenvalue weighted by Crippen LogP contribution is -2.33. The van der Waals surface area contributed by atoms with Crippen LogP contribution in [-0.4, -0.2) is 18.6 Å². The second-order valence-electron chi connectivity index (χ2n) is 3.21. The number of carbonyl (C=O) groups excluding carboxylic acids is 1. The first-order valence-electron chi connectivity index (χ1n) is 4.30. The molecular weight excluding hydrogens is 154 g/mol. The standard InChI is InChI=1S/C9H15NO2/c1-4-12-7-5-8(11)10-9(7)6(2)3/h5-6,9H,4H2,1-3H3,(H,10,11). The SMILES string of the molecule is CCOC1=CC(=O)NC1C(C)C. The molecule has 68 valence electrons. The molecule has 0 aromatic heterocycles. The van der Waals surface area contributed by atoms with Gasteiger partial charge in [0, 0.05) is 6.08 Å². The van der Waals surface area contributed by atoms with Crippen LogP contribution in [0.5, 0.6) is 0 Å². The summed E-state index contributed by atoms with van der Waals surface area (Å²) < 4.78 is 5.32. The highest BCUT2D eigenvalue weighted by Gasteiger charge is 2.27. The number of nitrogens with one attached hydrogen (secondary N) is 1. The molecule has 0 radical (unpaired) electrons. The molecule has 1 unspecified atom stereocenters. The predicted molar refractivity (Wildman–Crippen MR) is 46.5 cm³/mol. The van der Waals surface area contributed by atoms with E-state index in [4.69, 9.17) is 4.74 Å². The summed E-state index contributed by atoms with van der Waals surface area (Å²) in [6, 6.07) is 0.0671. The van der Waals surface area contributed by atoms with Gasteiger partial charge in [0.05, 0.1) is 12.6 Å². The highest BCUT2D eigenvalue weighted by atomic mass is 16.5. The number of carbonyl (C=O) groups is 1. The van der Waals surface area contributed by atoms with E-state index in [0.29, 0.717) is 12.5 Å². The van der Waals surface area contributed by atoms with Crippen molar-refractivity contribution in [1.82, 2.24) is 5.32 Å². The van der Waals surface area contributed by atoms with Crippen LogP contribution in [0.2, 0.25) is 0 Å². The van der Waals surface area contributed by atoms with Crippen molar-refractivity contribution < 1.29 is 9.53 Å². The Balaban J connectivity index is 2.66. The minimum absolute atomic E-state index is 0.0443. The molecule has 1 heterocycles. The van der Waals surface area contributed by atoms with Crippen molar-refractivity contribution in [3.8, 4) is 0 Å². The summed E-state index contributed by atoms with van der Waals surface area (Å²) >= 11 is 0. The van der Waals surface area contributed by atoms with Crippen LogP contribution in [-0.2, 0) is 9.53 Å². The average Bonchev–Trinajstić information content (AvgIpc) is 2.32. The fraction of sp³-hybridized carbons (Fsp3) is 0.667. The summed E-state index contributed by atoms with van der Waals surface area (Å²) in [5.41, 5.74) is 0. The highest BCUT2D eigenvalue weighted by Crippen LogP contribution is 2.17. The Hall–Kier alpha value is -0.990. The van der Waals surface area contributed by atoms with E-state index in [9.17, 15) is 4.79 Å². The molecule has 1 aliphatic heterocycles. The molecule has 0 saturated carbocycles. The quantitative estimate of drug-likeness (QED) is 0.686. The first-order valence-corrected chi connectivity index (χ1v) is 4.30. The molecule has 0 aromatic rings. The minimum Gasteiger partial charge on any atom is -0.496 e. The fourth-order valence-electron chi connectivity index (χ4n) is 1.28. The Kier molecular flexibility index (Phi) is 2.74. The largest absolute Gasteiger partial charge is 0.496 e. The zero-order valence-electron chi connectivity index (χ0n) is 7.76. The number of rotatable bonds is 3. The second kappa shape index (κ2) is 3.61. The van der Waals surface area contributed by atoms with Gasteiger partial charge in [-0.15, -0.1) is 0 Å². The van der Waals surface area contributed by atoms with Gasteiger partial charge in [0.1, 0.15) is 5.76 Å². The fourth-order valence-corrected chi connectivity index (χ4v) is 1.28. The van der Waals surface area contributed by atoms with Crippen LogP contribution in [0.1, 0.15) is 20.8 Å². The lowest BCUT2D eigenvalue weighted by atomic mass is 10.0. The molecule has 12 heavy (non-hydrogen) atoms. The molecule has 1 aliphatic rings. The van der Waals surface area contributed by atoms with Crippen molar-refractivity contribution in [3.63, 3.8) is 0 Å². The van der Waals surface area contributed by atoms with Gasteiger partial charge in [0.2, 0.25) is 5.91 Å². The number of ether oxygens (including phenoxy) is 1. The Morgan fingerprint density at radius 3 is 2.83 bits per heavy atom. The smallest absolute Gasteiger partial charge is 0.248 e. The van der Waals surface area contributed by atoms with Crippen molar-refractivity contribution in [2.75, 3.05) is 6.61 Å².